The van der Waals surface area contributed by atoms with Gasteiger partial charge in [-0.05, 0) is 12.5 Å². The zero-order valence-corrected chi connectivity index (χ0v) is 7.11. The van der Waals surface area contributed by atoms with Crippen molar-refractivity contribution in [3.8, 4) is 0 Å². The summed E-state index contributed by atoms with van der Waals surface area (Å²) in [5, 5.41) is 11.9. The average Bonchev–Trinajstić information content (AvgIpc) is 2.37. The lowest BCUT2D eigenvalue weighted by atomic mass is 10.2. The first-order chi connectivity index (χ1) is 5.24. The summed E-state index contributed by atoms with van der Waals surface area (Å²) in [6, 6.07) is 1.68. The van der Waals surface area contributed by atoms with E-state index in [0.717, 1.165) is 17.7 Å². The van der Waals surface area contributed by atoms with E-state index in [1.165, 1.54) is 11.3 Å². The highest BCUT2D eigenvalue weighted by Crippen LogP contribution is 2.15. The van der Waals surface area contributed by atoms with E-state index in [0.29, 0.717) is 5.56 Å². The summed E-state index contributed by atoms with van der Waals surface area (Å²) in [4.78, 5) is 11.4. The highest BCUT2D eigenvalue weighted by atomic mass is 32.1. The summed E-state index contributed by atoms with van der Waals surface area (Å²) < 4.78 is 0. The Morgan fingerprint density at radius 3 is 2.91 bits per heavy atom. The van der Waals surface area contributed by atoms with Crippen LogP contribution in [0.25, 0.3) is 0 Å². The second kappa shape index (κ2) is 3.53. The van der Waals surface area contributed by atoms with Gasteiger partial charge in [0.25, 0.3) is 0 Å². The molecule has 0 aliphatic rings. The zero-order chi connectivity index (χ0) is 8.27. The van der Waals surface area contributed by atoms with Gasteiger partial charge in [-0.2, -0.15) is 0 Å². The molecule has 0 amide bonds. The standard InChI is InChI=1S/C8H10O2S/c1-2-3-7-4-6(5-11-7)8(9)10/h4-5H,2-3H2,1H3,(H,9,10)/p-1. The number of thiophene rings is 1. The van der Waals surface area contributed by atoms with Crippen LogP contribution < -0.4 is 5.11 Å². The molecule has 1 heterocycles. The first-order valence-corrected chi connectivity index (χ1v) is 4.40. The summed E-state index contributed by atoms with van der Waals surface area (Å²) in [5.74, 6) is -1.08. The first-order valence-electron chi connectivity index (χ1n) is 3.52. The summed E-state index contributed by atoms with van der Waals surface area (Å²) in [5.41, 5.74) is 0.304. The van der Waals surface area contributed by atoms with Gasteiger partial charge in [-0.15, -0.1) is 11.3 Å². The molecule has 1 rings (SSSR count). The molecule has 0 atom stereocenters. The third kappa shape index (κ3) is 2.05. The van der Waals surface area contributed by atoms with Crippen molar-refractivity contribution in [3.63, 3.8) is 0 Å². The Balaban J connectivity index is 2.73. The molecular weight excluding hydrogens is 160 g/mol. The van der Waals surface area contributed by atoms with Crippen LogP contribution in [0.15, 0.2) is 11.4 Å². The Hall–Kier alpha value is -0.830. The fraction of sp³-hybridized carbons (Fsp3) is 0.375. The second-order valence-corrected chi connectivity index (χ2v) is 3.33. The maximum Gasteiger partial charge on any atom is 0.0723 e. The lowest BCUT2D eigenvalue weighted by Gasteiger charge is -1.93. The lowest BCUT2D eigenvalue weighted by Crippen LogP contribution is -2.21. The number of hydrogen-bond donors (Lipinski definition) is 0. The Morgan fingerprint density at radius 2 is 2.45 bits per heavy atom. The van der Waals surface area contributed by atoms with Crippen LogP contribution in [0.2, 0.25) is 0 Å². The third-order valence-corrected chi connectivity index (χ3v) is 2.38. The zero-order valence-electron chi connectivity index (χ0n) is 6.29. The van der Waals surface area contributed by atoms with Crippen LogP contribution >= 0.6 is 11.3 Å². The molecule has 2 nitrogen and oxygen atoms in total. The first kappa shape index (κ1) is 8.27. The highest BCUT2D eigenvalue weighted by Gasteiger charge is 1.98. The molecule has 0 saturated carbocycles. The van der Waals surface area contributed by atoms with Crippen molar-refractivity contribution in [2.24, 2.45) is 0 Å². The monoisotopic (exact) mass is 169 g/mol. The van der Waals surface area contributed by atoms with Gasteiger partial charge in [0, 0.05) is 15.8 Å². The average molecular weight is 169 g/mol. The third-order valence-electron chi connectivity index (χ3n) is 1.39. The van der Waals surface area contributed by atoms with E-state index in [4.69, 9.17) is 0 Å². The molecule has 0 aliphatic carbocycles. The van der Waals surface area contributed by atoms with Gasteiger partial charge in [0.05, 0.1) is 5.97 Å². The van der Waals surface area contributed by atoms with Crippen LogP contribution in [-0.4, -0.2) is 5.97 Å². The van der Waals surface area contributed by atoms with Gasteiger partial charge in [0.15, 0.2) is 0 Å². The van der Waals surface area contributed by atoms with Crippen LogP contribution in [0.4, 0.5) is 0 Å². The van der Waals surface area contributed by atoms with E-state index in [2.05, 4.69) is 6.92 Å². The highest BCUT2D eigenvalue weighted by molar-refractivity contribution is 7.10. The van der Waals surface area contributed by atoms with E-state index in [9.17, 15) is 9.90 Å². The van der Waals surface area contributed by atoms with Crippen molar-refractivity contribution >= 4 is 17.3 Å². The quantitative estimate of drug-likeness (QED) is 0.679. The van der Waals surface area contributed by atoms with Gasteiger partial charge in [-0.3, -0.25) is 0 Å². The fourth-order valence-corrected chi connectivity index (χ4v) is 1.82. The van der Waals surface area contributed by atoms with E-state index in [1.54, 1.807) is 11.4 Å². The van der Waals surface area contributed by atoms with Gasteiger partial charge in [0.2, 0.25) is 0 Å². The summed E-state index contributed by atoms with van der Waals surface area (Å²) in [6.07, 6.45) is 2.00. The fourth-order valence-electron chi connectivity index (χ4n) is 0.865. The van der Waals surface area contributed by atoms with E-state index in [-0.39, 0.29) is 0 Å². The maximum absolute atomic E-state index is 10.3. The van der Waals surface area contributed by atoms with Gasteiger partial charge in [-0.25, -0.2) is 0 Å². The van der Waals surface area contributed by atoms with E-state index < -0.39 is 5.97 Å². The summed E-state index contributed by atoms with van der Waals surface area (Å²) in [6.45, 7) is 2.07. The summed E-state index contributed by atoms with van der Waals surface area (Å²) >= 11 is 1.48. The molecule has 1 aromatic rings. The minimum Gasteiger partial charge on any atom is -0.545 e. The van der Waals surface area contributed by atoms with Gasteiger partial charge in [0.1, 0.15) is 0 Å². The van der Waals surface area contributed by atoms with Crippen molar-refractivity contribution in [2.75, 3.05) is 0 Å². The number of carbonyl (C=O) groups is 1. The Labute approximate surface area is 69.5 Å². The Kier molecular flexibility index (Phi) is 2.65. The molecule has 0 unspecified atom stereocenters. The van der Waals surface area contributed by atoms with Crippen LogP contribution in [0, 0.1) is 0 Å². The van der Waals surface area contributed by atoms with Crippen molar-refractivity contribution in [3.05, 3.63) is 21.9 Å². The molecule has 11 heavy (non-hydrogen) atoms. The topological polar surface area (TPSA) is 40.1 Å². The molecule has 0 fully saturated rings. The van der Waals surface area contributed by atoms with E-state index >= 15 is 0 Å². The SMILES string of the molecule is CCCc1cc(C(=O)[O-])cs1. The number of aromatic carboxylic acids is 1. The van der Waals surface area contributed by atoms with Crippen LogP contribution in [0.3, 0.4) is 0 Å². The van der Waals surface area contributed by atoms with Crippen LogP contribution in [-0.2, 0) is 6.42 Å². The maximum atomic E-state index is 10.3. The summed E-state index contributed by atoms with van der Waals surface area (Å²) in [7, 11) is 0. The minimum atomic E-state index is -1.08. The molecule has 0 radical (unpaired) electrons. The van der Waals surface area contributed by atoms with Crippen molar-refractivity contribution < 1.29 is 9.90 Å². The number of carboxylic acid groups (broad SMARTS) is 1. The van der Waals surface area contributed by atoms with Crippen LogP contribution in [0.1, 0.15) is 28.6 Å². The predicted molar refractivity (Wildman–Crippen MR) is 42.6 cm³/mol. The normalized spacial score (nSPS) is 9.91. The number of rotatable bonds is 3. The molecule has 0 saturated heterocycles. The molecule has 0 N–H and O–H groups in total. The Morgan fingerprint density at radius 1 is 1.73 bits per heavy atom. The molecule has 3 heteroatoms. The number of aryl methyl sites for hydroxylation is 1. The van der Waals surface area contributed by atoms with Crippen molar-refractivity contribution in [1.82, 2.24) is 0 Å². The molecule has 0 spiro atoms. The number of hydrogen-bond acceptors (Lipinski definition) is 3. The Bertz CT molecular complexity index is 252. The predicted octanol–water partition coefficient (Wildman–Crippen LogP) is 1.06. The molecule has 0 aliphatic heterocycles. The molecular formula is C8H9O2S-. The lowest BCUT2D eigenvalue weighted by molar-refractivity contribution is -0.255. The van der Waals surface area contributed by atoms with Crippen LogP contribution in [0.5, 0.6) is 0 Å². The van der Waals surface area contributed by atoms with Gasteiger partial charge >= 0.3 is 0 Å². The number of carboxylic acids is 1. The van der Waals surface area contributed by atoms with Gasteiger partial charge in [-0.1, -0.05) is 13.3 Å². The van der Waals surface area contributed by atoms with E-state index in [1.807, 2.05) is 0 Å². The minimum absolute atomic E-state index is 0.304. The molecule has 1 aromatic heterocycles. The number of carbonyl (C=O) groups excluding carboxylic acids is 1. The van der Waals surface area contributed by atoms with Crippen molar-refractivity contribution in [1.29, 1.82) is 0 Å². The largest absolute Gasteiger partial charge is 0.545 e. The smallest absolute Gasteiger partial charge is 0.0723 e. The second-order valence-electron chi connectivity index (χ2n) is 2.34. The van der Waals surface area contributed by atoms with Gasteiger partial charge < -0.3 is 9.90 Å². The van der Waals surface area contributed by atoms with Crippen molar-refractivity contribution in [2.45, 2.75) is 19.8 Å². The molecule has 0 aromatic carbocycles. The molecule has 0 bridgehead atoms. The molecule has 60 valence electrons.